The average Bonchev–Trinajstić information content (AvgIpc) is 2.37. The minimum absolute atomic E-state index is 0.525. The first-order valence-electron chi connectivity index (χ1n) is 6.66. The van der Waals surface area contributed by atoms with Crippen LogP contribution in [0.2, 0.25) is 0 Å². The highest BCUT2D eigenvalue weighted by Crippen LogP contribution is 2.38. The van der Waals surface area contributed by atoms with Crippen LogP contribution in [0.4, 0.5) is 5.69 Å². The Labute approximate surface area is 109 Å². The smallest absolute Gasteiger partial charge is 0.0381 e. The van der Waals surface area contributed by atoms with Crippen LogP contribution in [0.1, 0.15) is 36.0 Å². The van der Waals surface area contributed by atoms with Crippen LogP contribution in [0.3, 0.4) is 0 Å². The third kappa shape index (κ3) is 2.01. The molecule has 0 fully saturated rings. The topological polar surface area (TPSA) is 12.0 Å². The number of benzene rings is 2. The van der Waals surface area contributed by atoms with Crippen LogP contribution in [0, 0.1) is 6.92 Å². The summed E-state index contributed by atoms with van der Waals surface area (Å²) in [6.45, 7) is 4.43. The molecule has 18 heavy (non-hydrogen) atoms. The van der Waals surface area contributed by atoms with E-state index in [4.69, 9.17) is 0 Å². The molecule has 1 aliphatic rings. The van der Waals surface area contributed by atoms with Crippen molar-refractivity contribution in [1.82, 2.24) is 0 Å². The molecule has 0 bridgehead atoms. The van der Waals surface area contributed by atoms with Gasteiger partial charge in [0, 0.05) is 17.6 Å². The summed E-state index contributed by atoms with van der Waals surface area (Å²) in [5.41, 5.74) is 5.51. The molecule has 0 saturated heterocycles. The molecule has 3 rings (SSSR count). The van der Waals surface area contributed by atoms with Gasteiger partial charge in [0.2, 0.25) is 0 Å². The fourth-order valence-electron chi connectivity index (χ4n) is 2.94. The lowest BCUT2D eigenvalue weighted by molar-refractivity contribution is 0.614. The highest BCUT2D eigenvalue weighted by Gasteiger charge is 2.24. The van der Waals surface area contributed by atoms with E-state index in [0.29, 0.717) is 12.0 Å². The lowest BCUT2D eigenvalue weighted by Crippen LogP contribution is -2.25. The summed E-state index contributed by atoms with van der Waals surface area (Å²) in [5.74, 6) is 0.525. The van der Waals surface area contributed by atoms with E-state index in [9.17, 15) is 0 Å². The molecule has 0 amide bonds. The summed E-state index contributed by atoms with van der Waals surface area (Å²) in [6, 6.07) is 18.1. The molecular formula is C17H19N. The van der Waals surface area contributed by atoms with Crippen molar-refractivity contribution in [3.05, 3.63) is 65.2 Å². The SMILES string of the molecule is Cc1cccc(C2CC(C)Nc3ccccc32)c1. The van der Waals surface area contributed by atoms with Crippen LogP contribution in [0.25, 0.3) is 0 Å². The van der Waals surface area contributed by atoms with Crippen molar-refractivity contribution in [3.63, 3.8) is 0 Å². The van der Waals surface area contributed by atoms with Crippen molar-refractivity contribution in [2.45, 2.75) is 32.2 Å². The Bertz CT molecular complexity index is 559. The van der Waals surface area contributed by atoms with Gasteiger partial charge in [-0.3, -0.25) is 0 Å². The molecule has 92 valence electrons. The lowest BCUT2D eigenvalue weighted by atomic mass is 9.82. The van der Waals surface area contributed by atoms with Gasteiger partial charge in [-0.15, -0.1) is 0 Å². The van der Waals surface area contributed by atoms with Crippen LogP contribution in [-0.4, -0.2) is 6.04 Å². The van der Waals surface area contributed by atoms with Gasteiger partial charge < -0.3 is 5.32 Å². The summed E-state index contributed by atoms with van der Waals surface area (Å²) >= 11 is 0. The summed E-state index contributed by atoms with van der Waals surface area (Å²) < 4.78 is 0. The molecule has 0 spiro atoms. The molecule has 1 aliphatic heterocycles. The van der Waals surface area contributed by atoms with Crippen molar-refractivity contribution in [3.8, 4) is 0 Å². The number of hydrogen-bond donors (Lipinski definition) is 1. The average molecular weight is 237 g/mol. The third-order valence-electron chi connectivity index (χ3n) is 3.77. The van der Waals surface area contributed by atoms with Gasteiger partial charge >= 0.3 is 0 Å². The van der Waals surface area contributed by atoms with Gasteiger partial charge in [0.05, 0.1) is 0 Å². The minimum atomic E-state index is 0.525. The maximum atomic E-state index is 3.57. The first kappa shape index (κ1) is 11.3. The van der Waals surface area contributed by atoms with E-state index in [1.165, 1.54) is 28.8 Å². The summed E-state index contributed by atoms with van der Waals surface area (Å²) in [6.07, 6.45) is 1.17. The van der Waals surface area contributed by atoms with Crippen LogP contribution < -0.4 is 5.32 Å². The number of nitrogens with one attached hydrogen (secondary N) is 1. The number of hydrogen-bond acceptors (Lipinski definition) is 1. The Morgan fingerprint density at radius 2 is 1.89 bits per heavy atom. The van der Waals surface area contributed by atoms with Gasteiger partial charge in [-0.05, 0) is 37.5 Å². The van der Waals surface area contributed by atoms with Gasteiger partial charge in [-0.1, -0.05) is 48.0 Å². The number of fused-ring (bicyclic) bond motifs is 1. The zero-order valence-corrected chi connectivity index (χ0v) is 11.0. The van der Waals surface area contributed by atoms with Crippen molar-refractivity contribution < 1.29 is 0 Å². The molecule has 1 heteroatoms. The molecule has 2 atom stereocenters. The largest absolute Gasteiger partial charge is 0.382 e. The second-order valence-electron chi connectivity index (χ2n) is 5.34. The lowest BCUT2D eigenvalue weighted by Gasteiger charge is -2.31. The fourth-order valence-corrected chi connectivity index (χ4v) is 2.94. The van der Waals surface area contributed by atoms with E-state index in [1.54, 1.807) is 0 Å². The van der Waals surface area contributed by atoms with E-state index in [2.05, 4.69) is 67.7 Å². The quantitative estimate of drug-likeness (QED) is 0.778. The molecule has 0 aromatic heterocycles. The summed E-state index contributed by atoms with van der Waals surface area (Å²) in [4.78, 5) is 0. The Balaban J connectivity index is 2.07. The number of rotatable bonds is 1. The number of para-hydroxylation sites is 1. The minimum Gasteiger partial charge on any atom is -0.382 e. The molecule has 2 aromatic carbocycles. The predicted octanol–water partition coefficient (Wildman–Crippen LogP) is 4.33. The first-order valence-corrected chi connectivity index (χ1v) is 6.66. The summed E-state index contributed by atoms with van der Waals surface area (Å²) in [5, 5.41) is 3.57. The Morgan fingerprint density at radius 1 is 1.06 bits per heavy atom. The molecule has 2 unspecified atom stereocenters. The number of aryl methyl sites for hydroxylation is 1. The van der Waals surface area contributed by atoms with Crippen LogP contribution in [0.5, 0.6) is 0 Å². The highest BCUT2D eigenvalue weighted by atomic mass is 14.9. The van der Waals surface area contributed by atoms with Gasteiger partial charge in [-0.2, -0.15) is 0 Å². The zero-order chi connectivity index (χ0) is 12.5. The third-order valence-corrected chi connectivity index (χ3v) is 3.77. The van der Waals surface area contributed by atoms with Crippen molar-refractivity contribution in [2.75, 3.05) is 5.32 Å². The molecular weight excluding hydrogens is 218 g/mol. The normalized spacial score (nSPS) is 22.1. The van der Waals surface area contributed by atoms with E-state index < -0.39 is 0 Å². The number of anilines is 1. The van der Waals surface area contributed by atoms with Gasteiger partial charge in [0.1, 0.15) is 0 Å². The molecule has 1 nitrogen and oxygen atoms in total. The summed E-state index contributed by atoms with van der Waals surface area (Å²) in [7, 11) is 0. The van der Waals surface area contributed by atoms with Gasteiger partial charge in [0.25, 0.3) is 0 Å². The van der Waals surface area contributed by atoms with E-state index in [0.717, 1.165) is 0 Å². The molecule has 1 N–H and O–H groups in total. The van der Waals surface area contributed by atoms with Gasteiger partial charge in [0.15, 0.2) is 0 Å². The molecule has 0 saturated carbocycles. The maximum Gasteiger partial charge on any atom is 0.0381 e. The first-order chi connectivity index (χ1) is 8.74. The van der Waals surface area contributed by atoms with E-state index in [1.807, 2.05) is 0 Å². The Morgan fingerprint density at radius 3 is 2.72 bits per heavy atom. The highest BCUT2D eigenvalue weighted by molar-refractivity contribution is 5.58. The van der Waals surface area contributed by atoms with Crippen molar-refractivity contribution in [2.24, 2.45) is 0 Å². The predicted molar refractivity (Wildman–Crippen MR) is 77.2 cm³/mol. The molecule has 1 heterocycles. The Kier molecular flexibility index (Phi) is 2.83. The van der Waals surface area contributed by atoms with Crippen LogP contribution in [-0.2, 0) is 0 Å². The van der Waals surface area contributed by atoms with Crippen molar-refractivity contribution in [1.29, 1.82) is 0 Å². The van der Waals surface area contributed by atoms with Crippen LogP contribution in [0.15, 0.2) is 48.5 Å². The van der Waals surface area contributed by atoms with Crippen molar-refractivity contribution >= 4 is 5.69 Å². The monoisotopic (exact) mass is 237 g/mol. The zero-order valence-electron chi connectivity index (χ0n) is 11.0. The Hall–Kier alpha value is -1.76. The van der Waals surface area contributed by atoms with Gasteiger partial charge in [-0.25, -0.2) is 0 Å². The van der Waals surface area contributed by atoms with E-state index in [-0.39, 0.29) is 0 Å². The molecule has 0 radical (unpaired) electrons. The molecule has 0 aliphatic carbocycles. The molecule has 2 aromatic rings. The standard InChI is InChI=1S/C17H19N/c1-12-6-5-7-14(10-12)16-11-13(2)18-17-9-4-3-8-15(16)17/h3-10,13,16,18H,11H2,1-2H3. The fraction of sp³-hybridized carbons (Fsp3) is 0.294. The maximum absolute atomic E-state index is 3.57. The van der Waals surface area contributed by atoms with Crippen LogP contribution >= 0.6 is 0 Å². The van der Waals surface area contributed by atoms with E-state index >= 15 is 0 Å². The second kappa shape index (κ2) is 4.49. The second-order valence-corrected chi connectivity index (χ2v) is 5.34.